The highest BCUT2D eigenvalue weighted by Crippen LogP contribution is 2.33. The molecule has 0 saturated carbocycles. The second-order valence-electron chi connectivity index (χ2n) is 4.49. The van der Waals surface area contributed by atoms with Gasteiger partial charge < -0.3 is 5.11 Å². The second-order valence-corrected chi connectivity index (χ2v) is 5.65. The molecule has 7 heteroatoms. The minimum absolute atomic E-state index is 0.146. The quantitative estimate of drug-likeness (QED) is 0.203. The number of phenols is 1. The Balaban J connectivity index is 2.49. The first kappa shape index (κ1) is 16.6. The van der Waals surface area contributed by atoms with Crippen molar-refractivity contribution < 1.29 is 14.8 Å². The summed E-state index contributed by atoms with van der Waals surface area (Å²) in [5, 5.41) is 29.8. The Hall–Kier alpha value is -2.73. The van der Waals surface area contributed by atoms with Crippen LogP contribution in [0, 0.1) is 25.0 Å². The van der Waals surface area contributed by atoms with Crippen molar-refractivity contribution in [2.75, 3.05) is 0 Å². The van der Waals surface area contributed by atoms with Crippen LogP contribution in [0.25, 0.3) is 6.08 Å². The monoisotopic (exact) mass is 420 g/mol. The number of allylic oxidation sites excluding steroid dienone is 1. The highest BCUT2D eigenvalue weighted by Gasteiger charge is 2.18. The number of phenolic OH excluding ortho intramolecular Hbond substituents is 1. The number of benzene rings is 2. The molecule has 0 spiro atoms. The number of nitrogens with zero attached hydrogens (tertiary/aromatic N) is 2. The fourth-order valence-corrected chi connectivity index (χ4v) is 2.52. The lowest BCUT2D eigenvalue weighted by molar-refractivity contribution is -0.386. The number of aromatic hydroxyl groups is 1. The van der Waals surface area contributed by atoms with Crippen molar-refractivity contribution in [3.63, 3.8) is 0 Å². The van der Waals surface area contributed by atoms with Crippen LogP contribution < -0.4 is 0 Å². The Labute approximate surface area is 145 Å². The van der Waals surface area contributed by atoms with Gasteiger partial charge in [0.1, 0.15) is 11.6 Å². The SMILES string of the molecule is N#C/C(=C\c1cc(I)c(O)c([N+](=O)[O-])c1)C(=O)c1ccccc1. The molecule has 0 atom stereocenters. The molecular weight excluding hydrogens is 411 g/mol. The molecule has 0 radical (unpaired) electrons. The molecule has 2 rings (SSSR count). The number of Topliss-reactive ketones (excluding diaryl/α,β-unsaturated/α-hetero) is 1. The molecule has 0 aliphatic rings. The predicted molar refractivity (Wildman–Crippen MR) is 91.8 cm³/mol. The van der Waals surface area contributed by atoms with Crippen LogP contribution in [0.5, 0.6) is 5.75 Å². The molecule has 0 aliphatic carbocycles. The van der Waals surface area contributed by atoms with E-state index < -0.39 is 22.1 Å². The molecule has 2 aromatic rings. The summed E-state index contributed by atoms with van der Waals surface area (Å²) >= 11 is 1.75. The van der Waals surface area contributed by atoms with E-state index in [-0.39, 0.29) is 9.14 Å². The topological polar surface area (TPSA) is 104 Å². The van der Waals surface area contributed by atoms with Gasteiger partial charge in [-0.1, -0.05) is 30.3 Å². The maximum atomic E-state index is 12.3. The number of nitriles is 1. The van der Waals surface area contributed by atoms with Gasteiger partial charge in [0.2, 0.25) is 11.5 Å². The molecule has 2 aromatic carbocycles. The van der Waals surface area contributed by atoms with Crippen LogP contribution in [-0.4, -0.2) is 15.8 Å². The maximum absolute atomic E-state index is 12.3. The minimum Gasteiger partial charge on any atom is -0.501 e. The fourth-order valence-electron chi connectivity index (χ4n) is 1.89. The molecule has 0 heterocycles. The molecule has 23 heavy (non-hydrogen) atoms. The van der Waals surface area contributed by atoms with Crippen LogP contribution in [0.1, 0.15) is 15.9 Å². The van der Waals surface area contributed by atoms with Gasteiger partial charge in [-0.2, -0.15) is 5.26 Å². The summed E-state index contributed by atoms with van der Waals surface area (Å²) in [5.74, 6) is -0.917. The Morgan fingerprint density at radius 1 is 1.30 bits per heavy atom. The lowest BCUT2D eigenvalue weighted by Gasteiger charge is -2.03. The van der Waals surface area contributed by atoms with Gasteiger partial charge in [-0.05, 0) is 40.3 Å². The first-order chi connectivity index (χ1) is 10.9. The normalized spacial score (nSPS) is 10.9. The summed E-state index contributed by atoms with van der Waals surface area (Å²) in [6.45, 7) is 0. The number of halogens is 1. The molecule has 0 aromatic heterocycles. The third-order valence-electron chi connectivity index (χ3n) is 2.97. The van der Waals surface area contributed by atoms with E-state index in [1.54, 1.807) is 52.9 Å². The zero-order valence-electron chi connectivity index (χ0n) is 11.6. The highest BCUT2D eigenvalue weighted by molar-refractivity contribution is 14.1. The number of rotatable bonds is 4. The van der Waals surface area contributed by atoms with Gasteiger partial charge in [0.05, 0.1) is 8.49 Å². The van der Waals surface area contributed by atoms with Crippen LogP contribution in [-0.2, 0) is 0 Å². The summed E-state index contributed by atoms with van der Waals surface area (Å²) in [6.07, 6.45) is 1.27. The summed E-state index contributed by atoms with van der Waals surface area (Å²) < 4.78 is 0.257. The van der Waals surface area contributed by atoms with Crippen molar-refractivity contribution in [2.45, 2.75) is 0 Å². The molecule has 114 valence electrons. The van der Waals surface area contributed by atoms with Crippen LogP contribution in [0.3, 0.4) is 0 Å². The number of carbonyl (C=O) groups excluding carboxylic acids is 1. The number of nitro benzene ring substituents is 1. The van der Waals surface area contributed by atoms with E-state index in [2.05, 4.69) is 0 Å². The molecule has 0 saturated heterocycles. The summed E-state index contributed by atoms with van der Waals surface area (Å²) in [6, 6.07) is 12.6. The van der Waals surface area contributed by atoms with E-state index in [1.807, 2.05) is 6.07 Å². The van der Waals surface area contributed by atoms with Crippen molar-refractivity contribution in [1.29, 1.82) is 5.26 Å². The zero-order chi connectivity index (χ0) is 17.0. The standard InChI is InChI=1S/C16H9IN2O4/c17-13-7-10(8-14(16(13)21)19(22)23)6-12(9-18)15(20)11-4-2-1-3-5-11/h1-8,21H/b12-6+. The average molecular weight is 420 g/mol. The van der Waals surface area contributed by atoms with Crippen LogP contribution >= 0.6 is 22.6 Å². The largest absolute Gasteiger partial charge is 0.501 e. The fraction of sp³-hybridized carbons (Fsp3) is 0. The zero-order valence-corrected chi connectivity index (χ0v) is 13.7. The van der Waals surface area contributed by atoms with E-state index in [0.29, 0.717) is 11.1 Å². The number of hydrogen-bond acceptors (Lipinski definition) is 5. The van der Waals surface area contributed by atoms with Gasteiger partial charge >= 0.3 is 5.69 Å². The van der Waals surface area contributed by atoms with Crippen LogP contribution in [0.2, 0.25) is 0 Å². The first-order valence-corrected chi connectivity index (χ1v) is 7.40. The van der Waals surface area contributed by atoms with Gasteiger partial charge in [0.25, 0.3) is 0 Å². The van der Waals surface area contributed by atoms with Crippen molar-refractivity contribution in [3.05, 3.63) is 72.8 Å². The molecule has 0 bridgehead atoms. The molecule has 0 aliphatic heterocycles. The average Bonchev–Trinajstić information content (AvgIpc) is 2.55. The number of nitro groups is 1. The van der Waals surface area contributed by atoms with Gasteiger partial charge in [0, 0.05) is 11.6 Å². The third kappa shape index (κ3) is 3.73. The minimum atomic E-state index is -0.722. The molecule has 0 fully saturated rings. The number of ketones is 1. The van der Waals surface area contributed by atoms with E-state index in [9.17, 15) is 25.3 Å². The van der Waals surface area contributed by atoms with Gasteiger partial charge in [-0.15, -0.1) is 0 Å². The predicted octanol–water partition coefficient (Wildman–Crippen LogP) is 3.69. The van der Waals surface area contributed by atoms with Crippen LogP contribution in [0.15, 0.2) is 48.0 Å². The number of hydrogen-bond donors (Lipinski definition) is 1. The van der Waals surface area contributed by atoms with Crippen molar-refractivity contribution in [3.8, 4) is 11.8 Å². The van der Waals surface area contributed by atoms with Crippen LogP contribution in [0.4, 0.5) is 5.69 Å². The summed E-state index contributed by atoms with van der Waals surface area (Å²) in [7, 11) is 0. The molecule has 6 nitrogen and oxygen atoms in total. The van der Waals surface area contributed by atoms with E-state index in [4.69, 9.17) is 0 Å². The van der Waals surface area contributed by atoms with E-state index >= 15 is 0 Å². The lowest BCUT2D eigenvalue weighted by atomic mass is 10.0. The molecule has 1 N–H and O–H groups in total. The van der Waals surface area contributed by atoms with Crippen molar-refractivity contribution in [1.82, 2.24) is 0 Å². The third-order valence-corrected chi connectivity index (χ3v) is 3.80. The molecule has 0 unspecified atom stereocenters. The highest BCUT2D eigenvalue weighted by atomic mass is 127. The lowest BCUT2D eigenvalue weighted by Crippen LogP contribution is -2.01. The Kier molecular flexibility index (Phi) is 5.08. The van der Waals surface area contributed by atoms with E-state index in [0.717, 1.165) is 6.07 Å². The van der Waals surface area contributed by atoms with Crippen molar-refractivity contribution >= 4 is 40.1 Å². The molecular formula is C16H9IN2O4. The Morgan fingerprint density at radius 3 is 2.52 bits per heavy atom. The van der Waals surface area contributed by atoms with Gasteiger partial charge in [0.15, 0.2) is 0 Å². The Morgan fingerprint density at radius 2 is 1.96 bits per heavy atom. The second kappa shape index (κ2) is 7.02. The van der Waals surface area contributed by atoms with Gasteiger partial charge in [-0.3, -0.25) is 14.9 Å². The maximum Gasteiger partial charge on any atom is 0.312 e. The molecule has 0 amide bonds. The van der Waals surface area contributed by atoms with E-state index in [1.165, 1.54) is 12.1 Å². The first-order valence-electron chi connectivity index (χ1n) is 6.32. The smallest absolute Gasteiger partial charge is 0.312 e. The number of carbonyl (C=O) groups is 1. The van der Waals surface area contributed by atoms with Crippen molar-refractivity contribution in [2.24, 2.45) is 0 Å². The Bertz CT molecular complexity index is 854. The van der Waals surface area contributed by atoms with Gasteiger partial charge in [-0.25, -0.2) is 0 Å². The summed E-state index contributed by atoms with van der Waals surface area (Å²) in [5.41, 5.74) is 0.0163. The summed E-state index contributed by atoms with van der Waals surface area (Å²) in [4.78, 5) is 22.5.